The van der Waals surface area contributed by atoms with Gasteiger partial charge in [-0.2, -0.15) is 0 Å². The topological polar surface area (TPSA) is 29.1 Å². The zero-order valence-electron chi connectivity index (χ0n) is 9.51. The van der Waals surface area contributed by atoms with Gasteiger partial charge in [0.1, 0.15) is 0 Å². The van der Waals surface area contributed by atoms with Gasteiger partial charge < -0.3 is 5.32 Å². The van der Waals surface area contributed by atoms with Crippen molar-refractivity contribution in [3.05, 3.63) is 0 Å². The van der Waals surface area contributed by atoms with Crippen molar-refractivity contribution in [3.8, 4) is 0 Å². The Kier molecular flexibility index (Phi) is 5.27. The van der Waals surface area contributed by atoms with Crippen LogP contribution in [0.4, 0.5) is 0 Å². The second-order valence-electron chi connectivity index (χ2n) is 4.39. The van der Waals surface area contributed by atoms with Gasteiger partial charge in [0.15, 0.2) is 0 Å². The Bertz CT molecular complexity index is 217. The number of hydrogen-bond donors (Lipinski definition) is 1. The molecule has 1 saturated heterocycles. The molecule has 0 bridgehead atoms. The van der Waals surface area contributed by atoms with Crippen molar-refractivity contribution in [2.24, 2.45) is 0 Å². The molecule has 1 heterocycles. The number of hydrogen-bond acceptors (Lipinski definition) is 2. The second-order valence-corrected chi connectivity index (χ2v) is 6.36. The molecule has 2 nitrogen and oxygen atoms in total. The Balaban J connectivity index is 2.34. The predicted octanol–water partition coefficient (Wildman–Crippen LogP) is 2.80. The van der Waals surface area contributed by atoms with Gasteiger partial charge in [-0.1, -0.05) is 0 Å². The van der Waals surface area contributed by atoms with Gasteiger partial charge >= 0.3 is 0 Å². The van der Waals surface area contributed by atoms with Crippen molar-refractivity contribution >= 4 is 29.3 Å². The van der Waals surface area contributed by atoms with Crippen LogP contribution in [0.25, 0.3) is 0 Å². The standard InChI is InChI=1S/C11H20ClNOS/c1-9(5-3-7-12)13-10(14)11(2)6-4-8-15-11/h9H,3-8H2,1-2H3,(H,13,14). The number of nitrogens with one attached hydrogen (secondary N) is 1. The van der Waals surface area contributed by atoms with Crippen LogP contribution in [0.2, 0.25) is 0 Å². The molecule has 0 aromatic carbocycles. The molecule has 4 heteroatoms. The molecule has 1 rings (SSSR count). The Hall–Kier alpha value is 0.110. The van der Waals surface area contributed by atoms with Gasteiger partial charge in [0, 0.05) is 11.9 Å². The maximum atomic E-state index is 12.0. The number of carbonyl (C=O) groups excluding carboxylic acids is 1. The van der Waals surface area contributed by atoms with Crippen LogP contribution in [0.15, 0.2) is 0 Å². The van der Waals surface area contributed by atoms with Gasteiger partial charge in [0.05, 0.1) is 4.75 Å². The molecule has 88 valence electrons. The van der Waals surface area contributed by atoms with Crippen LogP contribution in [-0.4, -0.2) is 28.3 Å². The Morgan fingerprint density at radius 2 is 2.40 bits per heavy atom. The van der Waals surface area contributed by atoms with Crippen LogP contribution in [0, 0.1) is 0 Å². The van der Waals surface area contributed by atoms with E-state index in [0.717, 1.165) is 31.4 Å². The minimum atomic E-state index is -0.185. The normalized spacial score (nSPS) is 27.7. The van der Waals surface area contributed by atoms with Crippen LogP contribution in [0.5, 0.6) is 0 Å². The van der Waals surface area contributed by atoms with E-state index >= 15 is 0 Å². The van der Waals surface area contributed by atoms with Gasteiger partial charge in [0.2, 0.25) is 5.91 Å². The molecule has 1 fully saturated rings. The lowest BCUT2D eigenvalue weighted by atomic mass is 10.0. The number of alkyl halides is 1. The number of carbonyl (C=O) groups is 1. The van der Waals surface area contributed by atoms with Crippen molar-refractivity contribution in [1.29, 1.82) is 0 Å². The third kappa shape index (κ3) is 3.87. The van der Waals surface area contributed by atoms with Crippen LogP contribution in [0.3, 0.4) is 0 Å². The highest BCUT2D eigenvalue weighted by atomic mass is 35.5. The van der Waals surface area contributed by atoms with Crippen LogP contribution < -0.4 is 5.32 Å². The van der Waals surface area contributed by atoms with E-state index in [0.29, 0.717) is 5.88 Å². The van der Waals surface area contributed by atoms with E-state index in [4.69, 9.17) is 11.6 Å². The zero-order valence-corrected chi connectivity index (χ0v) is 11.1. The Morgan fingerprint density at radius 1 is 1.67 bits per heavy atom. The highest BCUT2D eigenvalue weighted by Crippen LogP contribution is 2.37. The molecule has 15 heavy (non-hydrogen) atoms. The largest absolute Gasteiger partial charge is 0.352 e. The second kappa shape index (κ2) is 6.00. The summed E-state index contributed by atoms with van der Waals surface area (Å²) in [5.74, 6) is 1.98. The molecule has 1 aliphatic heterocycles. The number of amides is 1. The van der Waals surface area contributed by atoms with Crippen LogP contribution in [-0.2, 0) is 4.79 Å². The molecule has 2 unspecified atom stereocenters. The van der Waals surface area contributed by atoms with Gasteiger partial charge in [-0.15, -0.1) is 23.4 Å². The maximum absolute atomic E-state index is 12.0. The molecule has 0 aliphatic carbocycles. The number of rotatable bonds is 5. The minimum absolute atomic E-state index is 0.185. The minimum Gasteiger partial charge on any atom is -0.352 e. The fourth-order valence-corrected chi connectivity index (χ4v) is 3.16. The third-order valence-electron chi connectivity index (χ3n) is 2.85. The van der Waals surface area contributed by atoms with E-state index in [9.17, 15) is 4.79 Å². The van der Waals surface area contributed by atoms with Crippen molar-refractivity contribution in [1.82, 2.24) is 5.32 Å². The first-order valence-electron chi connectivity index (χ1n) is 5.59. The van der Waals surface area contributed by atoms with Crippen molar-refractivity contribution in [3.63, 3.8) is 0 Å². The molecule has 0 aromatic rings. The molecular weight excluding hydrogens is 230 g/mol. The highest BCUT2D eigenvalue weighted by Gasteiger charge is 2.37. The lowest BCUT2D eigenvalue weighted by Crippen LogP contribution is -2.44. The molecule has 0 radical (unpaired) electrons. The van der Waals surface area contributed by atoms with Crippen molar-refractivity contribution in [2.45, 2.75) is 50.3 Å². The molecule has 0 spiro atoms. The summed E-state index contributed by atoms with van der Waals surface area (Å²) in [6.45, 7) is 4.10. The predicted molar refractivity (Wildman–Crippen MR) is 67.7 cm³/mol. The summed E-state index contributed by atoms with van der Waals surface area (Å²) in [6, 6.07) is 0.245. The summed E-state index contributed by atoms with van der Waals surface area (Å²) < 4.78 is -0.185. The van der Waals surface area contributed by atoms with E-state index in [1.54, 1.807) is 11.8 Å². The Labute approximate surface area is 102 Å². The summed E-state index contributed by atoms with van der Waals surface area (Å²) in [5, 5.41) is 3.08. The molecule has 1 amide bonds. The fraction of sp³-hybridized carbons (Fsp3) is 0.909. The van der Waals surface area contributed by atoms with E-state index < -0.39 is 0 Å². The van der Waals surface area contributed by atoms with E-state index in [1.165, 1.54) is 0 Å². The van der Waals surface area contributed by atoms with Crippen molar-refractivity contribution < 1.29 is 4.79 Å². The molecular formula is C11H20ClNOS. The van der Waals surface area contributed by atoms with Gasteiger partial charge in [-0.25, -0.2) is 0 Å². The quantitative estimate of drug-likeness (QED) is 0.760. The molecule has 1 aliphatic rings. The monoisotopic (exact) mass is 249 g/mol. The van der Waals surface area contributed by atoms with E-state index in [-0.39, 0.29) is 16.7 Å². The molecule has 0 aromatic heterocycles. The number of halogens is 1. The molecule has 0 saturated carbocycles. The summed E-state index contributed by atoms with van der Waals surface area (Å²) in [5.41, 5.74) is 0. The summed E-state index contributed by atoms with van der Waals surface area (Å²) >= 11 is 7.40. The Morgan fingerprint density at radius 3 is 2.93 bits per heavy atom. The first-order valence-corrected chi connectivity index (χ1v) is 7.11. The van der Waals surface area contributed by atoms with Gasteiger partial charge in [0.25, 0.3) is 0 Å². The summed E-state index contributed by atoms with van der Waals surface area (Å²) in [6.07, 6.45) is 4.10. The number of thioether (sulfide) groups is 1. The van der Waals surface area contributed by atoms with Crippen LogP contribution >= 0.6 is 23.4 Å². The first-order chi connectivity index (χ1) is 7.08. The zero-order chi connectivity index (χ0) is 11.3. The average molecular weight is 250 g/mol. The van der Waals surface area contributed by atoms with Gasteiger partial charge in [-0.05, 0) is 45.3 Å². The summed E-state index contributed by atoms with van der Waals surface area (Å²) in [7, 11) is 0. The third-order valence-corrected chi connectivity index (χ3v) is 4.63. The molecule has 2 atom stereocenters. The summed E-state index contributed by atoms with van der Waals surface area (Å²) in [4.78, 5) is 12.0. The molecule has 1 N–H and O–H groups in total. The maximum Gasteiger partial charge on any atom is 0.236 e. The van der Waals surface area contributed by atoms with E-state index in [1.807, 2.05) is 13.8 Å². The fourth-order valence-electron chi connectivity index (χ4n) is 1.79. The van der Waals surface area contributed by atoms with Crippen LogP contribution in [0.1, 0.15) is 39.5 Å². The lowest BCUT2D eigenvalue weighted by molar-refractivity contribution is -0.123. The van der Waals surface area contributed by atoms with E-state index in [2.05, 4.69) is 5.32 Å². The lowest BCUT2D eigenvalue weighted by Gasteiger charge is -2.24. The smallest absolute Gasteiger partial charge is 0.236 e. The van der Waals surface area contributed by atoms with Gasteiger partial charge in [-0.3, -0.25) is 4.79 Å². The van der Waals surface area contributed by atoms with Crippen molar-refractivity contribution in [2.75, 3.05) is 11.6 Å². The SMILES string of the molecule is CC(CCCCl)NC(=O)C1(C)CCCS1. The highest BCUT2D eigenvalue weighted by molar-refractivity contribution is 8.01. The first kappa shape index (κ1) is 13.2. The average Bonchev–Trinajstić information content (AvgIpc) is 2.63.